The minimum Gasteiger partial charge on any atom is -0.379 e. The van der Waals surface area contributed by atoms with Crippen LogP contribution in [-0.4, -0.2) is 8.42 Å². The molecule has 0 atom stereocenters. The standard InChI is InChI=1S/C12H8BrIO3S/c13-11-3-1-2-4-12(11)18(15,16)17-10-7-5-9(14)6-8-10/h1-8H. The molecule has 94 valence electrons. The quantitative estimate of drug-likeness (QED) is 0.540. The van der Waals surface area contributed by atoms with E-state index in [0.717, 1.165) is 3.57 Å². The molecule has 6 heteroatoms. The lowest BCUT2D eigenvalue weighted by Crippen LogP contribution is -2.10. The molecule has 0 heterocycles. The summed E-state index contributed by atoms with van der Waals surface area (Å²) in [5, 5.41) is 0. The van der Waals surface area contributed by atoms with Gasteiger partial charge in [0.15, 0.2) is 0 Å². The van der Waals surface area contributed by atoms with Crippen LogP contribution in [0.3, 0.4) is 0 Å². The summed E-state index contributed by atoms with van der Waals surface area (Å²) in [6.45, 7) is 0. The highest BCUT2D eigenvalue weighted by Gasteiger charge is 2.19. The molecule has 0 unspecified atom stereocenters. The number of hydrogen-bond donors (Lipinski definition) is 0. The van der Waals surface area contributed by atoms with Gasteiger partial charge < -0.3 is 4.18 Å². The Kier molecular flexibility index (Phi) is 4.29. The Morgan fingerprint density at radius 1 is 1.00 bits per heavy atom. The van der Waals surface area contributed by atoms with Crippen molar-refractivity contribution in [1.29, 1.82) is 0 Å². The predicted octanol–water partition coefficient (Wildman–Crippen LogP) is 3.82. The molecule has 0 spiro atoms. The molecule has 0 bridgehead atoms. The van der Waals surface area contributed by atoms with Gasteiger partial charge in [-0.3, -0.25) is 0 Å². The summed E-state index contributed by atoms with van der Waals surface area (Å²) in [7, 11) is -3.81. The smallest absolute Gasteiger partial charge is 0.340 e. The second-order valence-corrected chi connectivity index (χ2v) is 7.04. The molecule has 0 saturated heterocycles. The van der Waals surface area contributed by atoms with Gasteiger partial charge in [-0.1, -0.05) is 12.1 Å². The van der Waals surface area contributed by atoms with Crippen LogP contribution in [0.1, 0.15) is 0 Å². The number of rotatable bonds is 3. The zero-order valence-corrected chi connectivity index (χ0v) is 13.6. The summed E-state index contributed by atoms with van der Waals surface area (Å²) in [5.74, 6) is 0.297. The largest absolute Gasteiger partial charge is 0.379 e. The minimum atomic E-state index is -3.81. The Labute approximate surface area is 128 Å². The molecule has 2 aromatic rings. The molecule has 0 radical (unpaired) electrons. The molecule has 0 aliphatic heterocycles. The normalized spacial score (nSPS) is 11.2. The summed E-state index contributed by atoms with van der Waals surface area (Å²) < 4.78 is 30.7. The average molecular weight is 439 g/mol. The fourth-order valence-electron chi connectivity index (χ4n) is 1.31. The van der Waals surface area contributed by atoms with Crippen LogP contribution in [0.2, 0.25) is 0 Å². The second kappa shape index (κ2) is 5.58. The molecule has 2 aromatic carbocycles. The molecule has 0 saturated carbocycles. The highest BCUT2D eigenvalue weighted by Crippen LogP contribution is 2.25. The van der Waals surface area contributed by atoms with E-state index in [9.17, 15) is 8.42 Å². The van der Waals surface area contributed by atoms with Crippen molar-refractivity contribution in [2.45, 2.75) is 4.90 Å². The van der Waals surface area contributed by atoms with Gasteiger partial charge in [0.2, 0.25) is 0 Å². The van der Waals surface area contributed by atoms with Crippen LogP contribution < -0.4 is 4.18 Å². The van der Waals surface area contributed by atoms with Crippen molar-refractivity contribution >= 4 is 48.6 Å². The van der Waals surface area contributed by atoms with Gasteiger partial charge in [0.05, 0.1) is 0 Å². The molecule has 0 fully saturated rings. The summed E-state index contributed by atoms with van der Waals surface area (Å²) >= 11 is 5.33. The van der Waals surface area contributed by atoms with Crippen LogP contribution in [0.5, 0.6) is 5.75 Å². The Balaban J connectivity index is 2.33. The zero-order valence-electron chi connectivity index (χ0n) is 9.01. The lowest BCUT2D eigenvalue weighted by molar-refractivity contribution is 0.485. The van der Waals surface area contributed by atoms with Crippen LogP contribution >= 0.6 is 38.5 Å². The minimum absolute atomic E-state index is 0.114. The highest BCUT2D eigenvalue weighted by atomic mass is 127. The molecule has 0 aromatic heterocycles. The van der Waals surface area contributed by atoms with E-state index in [1.54, 1.807) is 42.5 Å². The van der Waals surface area contributed by atoms with Crippen LogP contribution in [0.15, 0.2) is 57.9 Å². The number of benzene rings is 2. The predicted molar refractivity (Wildman–Crippen MR) is 81.1 cm³/mol. The van der Waals surface area contributed by atoms with Crippen molar-refractivity contribution in [2.24, 2.45) is 0 Å². The monoisotopic (exact) mass is 438 g/mol. The lowest BCUT2D eigenvalue weighted by Gasteiger charge is -2.08. The molecule has 3 nitrogen and oxygen atoms in total. The zero-order chi connectivity index (χ0) is 13.2. The molecule has 18 heavy (non-hydrogen) atoms. The first-order valence-corrected chi connectivity index (χ1v) is 8.21. The van der Waals surface area contributed by atoms with Crippen molar-refractivity contribution in [1.82, 2.24) is 0 Å². The van der Waals surface area contributed by atoms with Gasteiger partial charge in [-0.15, -0.1) is 0 Å². The maximum atomic E-state index is 12.1. The van der Waals surface area contributed by atoms with Gasteiger partial charge in [-0.25, -0.2) is 0 Å². The fourth-order valence-corrected chi connectivity index (χ4v) is 3.55. The summed E-state index contributed by atoms with van der Waals surface area (Å²) in [6, 6.07) is 13.3. The van der Waals surface area contributed by atoms with E-state index in [-0.39, 0.29) is 4.90 Å². The lowest BCUT2D eigenvalue weighted by atomic mass is 10.3. The first-order chi connectivity index (χ1) is 8.49. The van der Waals surface area contributed by atoms with Gasteiger partial charge in [0.25, 0.3) is 0 Å². The van der Waals surface area contributed by atoms with E-state index in [4.69, 9.17) is 4.18 Å². The molecule has 0 amide bonds. The van der Waals surface area contributed by atoms with Gasteiger partial charge in [0, 0.05) is 8.04 Å². The first-order valence-electron chi connectivity index (χ1n) is 4.93. The Morgan fingerprint density at radius 2 is 1.61 bits per heavy atom. The highest BCUT2D eigenvalue weighted by molar-refractivity contribution is 14.1. The number of hydrogen-bond acceptors (Lipinski definition) is 3. The summed E-state index contributed by atoms with van der Waals surface area (Å²) in [6.07, 6.45) is 0. The number of halogens is 2. The van der Waals surface area contributed by atoms with Crippen molar-refractivity contribution < 1.29 is 12.6 Å². The topological polar surface area (TPSA) is 43.4 Å². The van der Waals surface area contributed by atoms with Crippen molar-refractivity contribution in [2.75, 3.05) is 0 Å². The fraction of sp³-hybridized carbons (Fsp3) is 0. The summed E-state index contributed by atoms with van der Waals surface area (Å²) in [4.78, 5) is 0.114. The molecule has 0 N–H and O–H groups in total. The van der Waals surface area contributed by atoms with Crippen molar-refractivity contribution in [3.05, 3.63) is 56.6 Å². The average Bonchev–Trinajstić information content (AvgIpc) is 2.32. The molecule has 0 aliphatic rings. The van der Waals surface area contributed by atoms with Gasteiger partial charge in [-0.05, 0) is 74.9 Å². The van der Waals surface area contributed by atoms with Gasteiger partial charge >= 0.3 is 10.1 Å². The third-order valence-corrected chi connectivity index (χ3v) is 5.11. The summed E-state index contributed by atoms with van der Waals surface area (Å²) in [5.41, 5.74) is 0. The van der Waals surface area contributed by atoms with E-state index in [1.165, 1.54) is 6.07 Å². The van der Waals surface area contributed by atoms with E-state index in [1.807, 2.05) is 0 Å². The third kappa shape index (κ3) is 3.24. The molecule has 0 aliphatic carbocycles. The van der Waals surface area contributed by atoms with Crippen LogP contribution in [0.4, 0.5) is 0 Å². The Hall–Kier alpha value is -0.600. The third-order valence-electron chi connectivity index (χ3n) is 2.13. The van der Waals surface area contributed by atoms with E-state index >= 15 is 0 Å². The first kappa shape index (κ1) is 13.8. The van der Waals surface area contributed by atoms with E-state index < -0.39 is 10.1 Å². The van der Waals surface area contributed by atoms with Gasteiger partial charge in [0.1, 0.15) is 10.6 Å². The Morgan fingerprint density at radius 3 is 2.22 bits per heavy atom. The Bertz CT molecular complexity index is 653. The van der Waals surface area contributed by atoms with Gasteiger partial charge in [-0.2, -0.15) is 8.42 Å². The van der Waals surface area contributed by atoms with E-state index in [0.29, 0.717) is 10.2 Å². The van der Waals surface area contributed by atoms with E-state index in [2.05, 4.69) is 38.5 Å². The van der Waals surface area contributed by atoms with Crippen LogP contribution in [-0.2, 0) is 10.1 Å². The SMILES string of the molecule is O=S(=O)(Oc1ccc(I)cc1)c1ccccc1Br. The maximum absolute atomic E-state index is 12.1. The second-order valence-electron chi connectivity index (χ2n) is 3.42. The molecular weight excluding hydrogens is 431 g/mol. The molecule has 2 rings (SSSR count). The molecular formula is C12H8BrIO3S. The maximum Gasteiger partial charge on any atom is 0.340 e. The van der Waals surface area contributed by atoms with Crippen LogP contribution in [0, 0.1) is 3.57 Å². The van der Waals surface area contributed by atoms with Crippen molar-refractivity contribution in [3.8, 4) is 5.75 Å². The van der Waals surface area contributed by atoms with Crippen molar-refractivity contribution in [3.63, 3.8) is 0 Å². The van der Waals surface area contributed by atoms with Crippen LogP contribution in [0.25, 0.3) is 0 Å².